The Bertz CT molecular complexity index is 1430. The quantitative estimate of drug-likeness (QED) is 0.322. The van der Waals surface area contributed by atoms with Gasteiger partial charge < -0.3 is 0 Å². The molecule has 174 valence electrons. The molecule has 0 saturated carbocycles. The molecule has 0 saturated heterocycles. The van der Waals surface area contributed by atoms with E-state index in [1.54, 1.807) is 0 Å². The van der Waals surface area contributed by atoms with Crippen LogP contribution in [0.5, 0.6) is 0 Å². The molecule has 0 aliphatic carbocycles. The Morgan fingerprint density at radius 3 is 2.15 bits per heavy atom. The highest BCUT2D eigenvalue weighted by atomic mass is 15.2. The third-order valence-corrected chi connectivity index (χ3v) is 8.49. The van der Waals surface area contributed by atoms with Crippen molar-refractivity contribution in [3.05, 3.63) is 47.5 Å². The Labute approximate surface area is 198 Å². The lowest BCUT2D eigenvalue weighted by Gasteiger charge is -2.46. The van der Waals surface area contributed by atoms with Crippen molar-refractivity contribution in [1.29, 1.82) is 0 Å². The van der Waals surface area contributed by atoms with Crippen molar-refractivity contribution in [3.8, 4) is 0 Å². The number of nitrogens with zero attached hydrogens (tertiary/aromatic N) is 4. The summed E-state index contributed by atoms with van der Waals surface area (Å²) in [5, 5.41) is 1.22. The maximum absolute atomic E-state index is 5.45. The predicted octanol–water partition coefficient (Wildman–Crippen LogP) is 6.72. The topological polar surface area (TPSA) is 34.1 Å². The Balaban J connectivity index is 2.18. The van der Waals surface area contributed by atoms with Gasteiger partial charge in [0.2, 0.25) is 5.82 Å². The summed E-state index contributed by atoms with van der Waals surface area (Å²) < 4.78 is 5.07. The minimum absolute atomic E-state index is 0.0439. The van der Waals surface area contributed by atoms with Crippen molar-refractivity contribution in [2.45, 2.75) is 104 Å². The van der Waals surface area contributed by atoms with Gasteiger partial charge in [-0.15, -0.1) is 0 Å². The van der Waals surface area contributed by atoms with Gasteiger partial charge in [0.1, 0.15) is 10.9 Å². The molecule has 0 spiro atoms. The van der Waals surface area contributed by atoms with E-state index >= 15 is 0 Å². The zero-order valence-electron chi connectivity index (χ0n) is 22.1. The lowest BCUT2D eigenvalue weighted by Crippen LogP contribution is -2.66. The summed E-state index contributed by atoms with van der Waals surface area (Å²) in [5.41, 5.74) is 6.82. The largest absolute Gasteiger partial charge is 0.300 e. The van der Waals surface area contributed by atoms with Crippen LogP contribution in [-0.4, -0.2) is 14.4 Å². The van der Waals surface area contributed by atoms with E-state index in [0.717, 1.165) is 29.9 Å². The second-order valence-electron chi connectivity index (χ2n) is 12.5. The average molecular weight is 444 g/mol. The summed E-state index contributed by atoms with van der Waals surface area (Å²) in [6, 6.07) is 11.1. The summed E-state index contributed by atoms with van der Waals surface area (Å²) >= 11 is 0. The van der Waals surface area contributed by atoms with Gasteiger partial charge in [0.05, 0.1) is 16.6 Å². The standard InChI is InChI=1S/C29H39N4/c1-11-28(9)23-22-18(17-21(31-23)26(3,4)5)30-25(27(6,7)8)32-19-15-13-14-16-20(19)33(24(22)32)29(28,10)12-2/h13-17H,11-12H2,1-10H3/q+1. The number of rotatable bonds is 2. The summed E-state index contributed by atoms with van der Waals surface area (Å²) in [7, 11) is 0. The highest BCUT2D eigenvalue weighted by molar-refractivity contribution is 5.97. The molecule has 0 fully saturated rings. The molecular formula is C29H39N4+. The van der Waals surface area contributed by atoms with Crippen LogP contribution < -0.4 is 4.57 Å². The Morgan fingerprint density at radius 1 is 0.909 bits per heavy atom. The number of pyridine rings is 1. The molecule has 0 amide bonds. The van der Waals surface area contributed by atoms with Gasteiger partial charge in [-0.3, -0.25) is 4.98 Å². The van der Waals surface area contributed by atoms with E-state index in [1.807, 2.05) is 0 Å². The summed E-state index contributed by atoms with van der Waals surface area (Å²) in [5.74, 6) is 1.11. The molecule has 4 nitrogen and oxygen atoms in total. The van der Waals surface area contributed by atoms with Crippen molar-refractivity contribution in [2.75, 3.05) is 0 Å². The molecule has 0 N–H and O–H groups in total. The van der Waals surface area contributed by atoms with Gasteiger partial charge in [-0.05, 0) is 44.9 Å². The van der Waals surface area contributed by atoms with E-state index in [9.17, 15) is 0 Å². The van der Waals surface area contributed by atoms with E-state index in [2.05, 4.69) is 109 Å². The van der Waals surface area contributed by atoms with Gasteiger partial charge in [0.25, 0.3) is 0 Å². The molecule has 4 heterocycles. The Morgan fingerprint density at radius 2 is 1.58 bits per heavy atom. The van der Waals surface area contributed by atoms with E-state index in [0.29, 0.717) is 0 Å². The minimum Gasteiger partial charge on any atom is -0.255 e. The molecule has 33 heavy (non-hydrogen) atoms. The zero-order valence-corrected chi connectivity index (χ0v) is 22.1. The van der Waals surface area contributed by atoms with Crippen LogP contribution in [0.2, 0.25) is 0 Å². The highest BCUT2D eigenvalue weighted by Crippen LogP contribution is 2.50. The number of aromatic nitrogens is 4. The van der Waals surface area contributed by atoms with Gasteiger partial charge in [-0.1, -0.05) is 67.5 Å². The maximum Gasteiger partial charge on any atom is 0.300 e. The van der Waals surface area contributed by atoms with E-state index < -0.39 is 0 Å². The smallest absolute Gasteiger partial charge is 0.255 e. The van der Waals surface area contributed by atoms with Crippen molar-refractivity contribution in [2.24, 2.45) is 0 Å². The highest BCUT2D eigenvalue weighted by Gasteiger charge is 2.56. The molecule has 4 aromatic rings. The number of para-hydroxylation sites is 2. The summed E-state index contributed by atoms with van der Waals surface area (Å²) in [6.07, 6.45) is 2.05. The molecule has 1 aliphatic rings. The van der Waals surface area contributed by atoms with Crippen molar-refractivity contribution < 1.29 is 4.57 Å². The Hall–Kier alpha value is -2.49. The van der Waals surface area contributed by atoms with Crippen LogP contribution in [0.1, 0.15) is 99.3 Å². The van der Waals surface area contributed by atoms with Crippen molar-refractivity contribution >= 4 is 27.6 Å². The van der Waals surface area contributed by atoms with E-state index in [4.69, 9.17) is 9.97 Å². The molecule has 0 radical (unpaired) electrons. The second-order valence-corrected chi connectivity index (χ2v) is 12.5. The SMILES string of the molecule is CCC1(C)c2nc(C(C)(C)C)cc3nc(C(C)(C)C)n4c5ccccc5[n+](c4c23)C1(C)CC. The molecule has 3 aromatic heterocycles. The number of hydrogen-bond donors (Lipinski definition) is 0. The third-order valence-electron chi connectivity index (χ3n) is 8.49. The number of hydrogen-bond acceptors (Lipinski definition) is 2. The van der Waals surface area contributed by atoms with Gasteiger partial charge >= 0.3 is 5.65 Å². The molecule has 5 rings (SSSR count). The second kappa shape index (κ2) is 6.55. The van der Waals surface area contributed by atoms with E-state index in [1.165, 1.54) is 27.8 Å². The van der Waals surface area contributed by atoms with Crippen molar-refractivity contribution in [3.63, 3.8) is 0 Å². The fourth-order valence-electron chi connectivity index (χ4n) is 6.00. The van der Waals surface area contributed by atoms with Crippen LogP contribution in [0.3, 0.4) is 0 Å². The lowest BCUT2D eigenvalue weighted by atomic mass is 9.63. The molecule has 2 atom stereocenters. The Kier molecular flexibility index (Phi) is 4.43. The zero-order chi connectivity index (χ0) is 24.1. The average Bonchev–Trinajstić information content (AvgIpc) is 3.10. The first kappa shape index (κ1) is 22.3. The van der Waals surface area contributed by atoms with Crippen LogP contribution in [0, 0.1) is 0 Å². The summed E-state index contributed by atoms with van der Waals surface area (Å²) in [6.45, 7) is 23.1. The maximum atomic E-state index is 5.45. The number of imidazole rings is 1. The number of benzene rings is 1. The van der Waals surface area contributed by atoms with Gasteiger partial charge in [-0.2, -0.15) is 4.40 Å². The van der Waals surface area contributed by atoms with E-state index in [-0.39, 0.29) is 21.8 Å². The van der Waals surface area contributed by atoms with Crippen LogP contribution >= 0.6 is 0 Å². The minimum atomic E-state index is -0.117. The lowest BCUT2D eigenvalue weighted by molar-refractivity contribution is -0.729. The van der Waals surface area contributed by atoms with Crippen molar-refractivity contribution in [1.82, 2.24) is 14.4 Å². The predicted molar refractivity (Wildman–Crippen MR) is 137 cm³/mol. The molecule has 2 unspecified atom stereocenters. The van der Waals surface area contributed by atoms with Gasteiger partial charge in [-0.25, -0.2) is 9.55 Å². The fourth-order valence-corrected chi connectivity index (χ4v) is 6.00. The van der Waals surface area contributed by atoms with Crippen LogP contribution in [0.25, 0.3) is 27.6 Å². The first-order valence-electron chi connectivity index (χ1n) is 12.5. The number of fused-ring (bicyclic) bond motifs is 3. The monoisotopic (exact) mass is 443 g/mol. The normalized spacial score (nSPS) is 23.3. The first-order chi connectivity index (χ1) is 15.3. The third kappa shape index (κ3) is 2.67. The fraction of sp³-hybridized carbons (Fsp3) is 0.552. The first-order valence-corrected chi connectivity index (χ1v) is 12.5. The molecule has 1 aromatic carbocycles. The molecule has 4 heteroatoms. The summed E-state index contributed by atoms with van der Waals surface area (Å²) in [4.78, 5) is 10.8. The van der Waals surface area contributed by atoms with Crippen LogP contribution in [0.4, 0.5) is 0 Å². The molecule has 0 bridgehead atoms. The van der Waals surface area contributed by atoms with Crippen LogP contribution in [-0.2, 0) is 21.8 Å². The molecular weight excluding hydrogens is 404 g/mol. The van der Waals surface area contributed by atoms with Gasteiger partial charge in [0.15, 0.2) is 11.0 Å². The van der Waals surface area contributed by atoms with Gasteiger partial charge in [0, 0.05) is 16.5 Å². The van der Waals surface area contributed by atoms with Crippen LogP contribution in [0.15, 0.2) is 30.3 Å². The molecule has 1 aliphatic heterocycles.